The SMILES string of the molecule is CN(C(=O)COC(=O)[C@H](Cc1ccccc1)NC(=O)c1ccco1)C1CCCCC1. The van der Waals surface area contributed by atoms with Crippen molar-refractivity contribution in [2.24, 2.45) is 0 Å². The van der Waals surface area contributed by atoms with Gasteiger partial charge in [-0.25, -0.2) is 4.79 Å². The summed E-state index contributed by atoms with van der Waals surface area (Å²) >= 11 is 0. The van der Waals surface area contributed by atoms with Gasteiger partial charge >= 0.3 is 5.97 Å². The maximum atomic E-state index is 12.7. The zero-order valence-electron chi connectivity index (χ0n) is 17.2. The lowest BCUT2D eigenvalue weighted by molar-refractivity contribution is -0.154. The van der Waals surface area contributed by atoms with Crippen LogP contribution in [-0.4, -0.2) is 48.4 Å². The summed E-state index contributed by atoms with van der Waals surface area (Å²) in [6.45, 7) is -0.340. The van der Waals surface area contributed by atoms with Crippen LogP contribution in [-0.2, 0) is 20.7 Å². The van der Waals surface area contributed by atoms with Gasteiger partial charge in [0.1, 0.15) is 6.04 Å². The minimum Gasteiger partial charge on any atom is -0.459 e. The van der Waals surface area contributed by atoms with Crippen LogP contribution < -0.4 is 5.32 Å². The molecule has 0 spiro atoms. The first-order valence-electron chi connectivity index (χ1n) is 10.3. The predicted octanol–water partition coefficient (Wildman–Crippen LogP) is 2.96. The molecule has 2 aromatic rings. The van der Waals surface area contributed by atoms with Crippen LogP contribution in [0, 0.1) is 0 Å². The van der Waals surface area contributed by atoms with Gasteiger partial charge in [-0.3, -0.25) is 9.59 Å². The molecule has 0 bridgehead atoms. The number of benzene rings is 1. The molecule has 1 aromatic heterocycles. The van der Waals surface area contributed by atoms with Crippen molar-refractivity contribution in [1.29, 1.82) is 0 Å². The van der Waals surface area contributed by atoms with Crippen molar-refractivity contribution in [2.45, 2.75) is 50.6 Å². The van der Waals surface area contributed by atoms with Crippen LogP contribution in [0.1, 0.15) is 48.2 Å². The van der Waals surface area contributed by atoms with Gasteiger partial charge in [0, 0.05) is 19.5 Å². The highest BCUT2D eigenvalue weighted by Crippen LogP contribution is 2.21. The summed E-state index contributed by atoms with van der Waals surface area (Å²) in [6.07, 6.45) is 7.01. The van der Waals surface area contributed by atoms with E-state index >= 15 is 0 Å². The summed E-state index contributed by atoms with van der Waals surface area (Å²) in [5.41, 5.74) is 0.866. The van der Waals surface area contributed by atoms with E-state index in [0.717, 1.165) is 31.2 Å². The Morgan fingerprint density at radius 2 is 1.83 bits per heavy atom. The minimum atomic E-state index is -0.933. The Bertz CT molecular complexity index is 829. The molecular weight excluding hydrogens is 384 g/mol. The summed E-state index contributed by atoms with van der Waals surface area (Å²) in [4.78, 5) is 39.3. The molecule has 0 radical (unpaired) electrons. The average molecular weight is 412 g/mol. The van der Waals surface area contributed by atoms with Crippen LogP contribution in [0.5, 0.6) is 0 Å². The van der Waals surface area contributed by atoms with Gasteiger partial charge in [0.25, 0.3) is 11.8 Å². The van der Waals surface area contributed by atoms with E-state index in [9.17, 15) is 14.4 Å². The highest BCUT2D eigenvalue weighted by molar-refractivity contribution is 5.94. The van der Waals surface area contributed by atoms with Gasteiger partial charge in [-0.15, -0.1) is 0 Å². The monoisotopic (exact) mass is 412 g/mol. The standard InChI is InChI=1S/C23H28N2O5/c1-25(18-11-6-3-7-12-18)21(26)16-30-23(28)19(15-17-9-4-2-5-10-17)24-22(27)20-13-8-14-29-20/h2,4-5,8-10,13-14,18-19H,3,6-7,11-12,15-16H2,1H3,(H,24,27)/t19-/m0/s1. The zero-order valence-corrected chi connectivity index (χ0v) is 17.2. The first-order chi connectivity index (χ1) is 14.5. The number of rotatable bonds is 8. The molecule has 160 valence electrons. The summed E-state index contributed by atoms with van der Waals surface area (Å²) in [5, 5.41) is 2.65. The average Bonchev–Trinajstić information content (AvgIpc) is 3.32. The molecule has 1 fully saturated rings. The molecule has 1 aliphatic carbocycles. The van der Waals surface area contributed by atoms with Gasteiger partial charge in [0.15, 0.2) is 12.4 Å². The first-order valence-corrected chi connectivity index (χ1v) is 10.3. The Balaban J connectivity index is 1.60. The Labute approximate surface area is 176 Å². The van der Waals surface area contributed by atoms with Gasteiger partial charge in [0.05, 0.1) is 6.26 Å². The molecule has 1 heterocycles. The molecule has 1 saturated carbocycles. The maximum Gasteiger partial charge on any atom is 0.329 e. The van der Waals surface area contributed by atoms with E-state index in [1.54, 1.807) is 18.0 Å². The number of esters is 1. The smallest absolute Gasteiger partial charge is 0.329 e. The van der Waals surface area contributed by atoms with Crippen molar-refractivity contribution in [3.05, 3.63) is 60.1 Å². The summed E-state index contributed by atoms with van der Waals surface area (Å²) in [6, 6.07) is 11.7. The molecule has 0 aliphatic heterocycles. The fourth-order valence-electron chi connectivity index (χ4n) is 3.69. The van der Waals surface area contributed by atoms with E-state index in [2.05, 4.69) is 5.32 Å². The van der Waals surface area contributed by atoms with Gasteiger partial charge in [-0.2, -0.15) is 0 Å². The molecule has 30 heavy (non-hydrogen) atoms. The van der Waals surface area contributed by atoms with Crippen molar-refractivity contribution in [2.75, 3.05) is 13.7 Å². The summed E-state index contributed by atoms with van der Waals surface area (Å²) in [7, 11) is 1.76. The third-order valence-electron chi connectivity index (χ3n) is 5.47. The van der Waals surface area contributed by atoms with Gasteiger partial charge in [-0.05, 0) is 30.5 Å². The van der Waals surface area contributed by atoms with Gasteiger partial charge in [-0.1, -0.05) is 49.6 Å². The number of furan rings is 1. The molecule has 0 saturated heterocycles. The number of hydrogen-bond acceptors (Lipinski definition) is 5. The molecule has 1 N–H and O–H groups in total. The molecule has 1 aromatic carbocycles. The van der Waals surface area contributed by atoms with Crippen LogP contribution >= 0.6 is 0 Å². The third kappa shape index (κ3) is 5.95. The number of nitrogens with one attached hydrogen (secondary N) is 1. The Morgan fingerprint density at radius 1 is 1.10 bits per heavy atom. The second kappa shape index (κ2) is 10.6. The van der Waals surface area contributed by atoms with Crippen LogP contribution in [0.25, 0.3) is 0 Å². The molecule has 2 amide bonds. The predicted molar refractivity (Wildman–Crippen MR) is 111 cm³/mol. The molecule has 1 atom stereocenters. The number of carbonyl (C=O) groups is 3. The number of nitrogens with zero attached hydrogens (tertiary/aromatic N) is 1. The van der Waals surface area contributed by atoms with Crippen LogP contribution in [0.3, 0.4) is 0 Å². The fourth-order valence-corrected chi connectivity index (χ4v) is 3.69. The molecule has 0 unspecified atom stereocenters. The Morgan fingerprint density at radius 3 is 2.50 bits per heavy atom. The van der Waals surface area contributed by atoms with Crippen molar-refractivity contribution in [3.8, 4) is 0 Å². The second-order valence-electron chi connectivity index (χ2n) is 7.60. The van der Waals surface area contributed by atoms with E-state index in [-0.39, 0.29) is 30.7 Å². The van der Waals surface area contributed by atoms with E-state index in [0.29, 0.717) is 0 Å². The lowest BCUT2D eigenvalue weighted by atomic mass is 9.94. The van der Waals surface area contributed by atoms with Crippen LogP contribution in [0.15, 0.2) is 53.1 Å². The first kappa shape index (κ1) is 21.6. The molecule has 7 heteroatoms. The Kier molecular flexibility index (Phi) is 7.65. The third-order valence-corrected chi connectivity index (χ3v) is 5.47. The van der Waals surface area contributed by atoms with Crippen molar-refractivity contribution in [1.82, 2.24) is 10.2 Å². The largest absolute Gasteiger partial charge is 0.459 e. The number of amides is 2. The van der Waals surface area contributed by atoms with Crippen LogP contribution in [0.2, 0.25) is 0 Å². The molecule has 1 aliphatic rings. The highest BCUT2D eigenvalue weighted by Gasteiger charge is 2.27. The molecule has 7 nitrogen and oxygen atoms in total. The minimum absolute atomic E-state index is 0.106. The molecular formula is C23H28N2O5. The summed E-state index contributed by atoms with van der Waals surface area (Å²) in [5.74, 6) is -1.28. The van der Waals surface area contributed by atoms with E-state index < -0.39 is 17.9 Å². The number of hydrogen-bond donors (Lipinski definition) is 1. The topological polar surface area (TPSA) is 88.9 Å². The van der Waals surface area contributed by atoms with Crippen molar-refractivity contribution < 1.29 is 23.5 Å². The lowest BCUT2D eigenvalue weighted by Crippen LogP contribution is -2.45. The van der Waals surface area contributed by atoms with Gasteiger partial charge < -0.3 is 19.4 Å². The highest BCUT2D eigenvalue weighted by atomic mass is 16.5. The van der Waals surface area contributed by atoms with Gasteiger partial charge in [0.2, 0.25) is 0 Å². The second-order valence-corrected chi connectivity index (χ2v) is 7.60. The van der Waals surface area contributed by atoms with E-state index in [1.165, 1.54) is 18.8 Å². The van der Waals surface area contributed by atoms with E-state index in [4.69, 9.17) is 9.15 Å². The van der Waals surface area contributed by atoms with Crippen molar-refractivity contribution in [3.63, 3.8) is 0 Å². The number of carbonyl (C=O) groups excluding carboxylic acids is 3. The zero-order chi connectivity index (χ0) is 21.3. The summed E-state index contributed by atoms with van der Waals surface area (Å²) < 4.78 is 10.4. The number of ether oxygens (including phenoxy) is 1. The number of likely N-dealkylation sites (N-methyl/N-ethyl adjacent to an activating group) is 1. The lowest BCUT2D eigenvalue weighted by Gasteiger charge is -2.31. The quantitative estimate of drug-likeness (QED) is 0.674. The van der Waals surface area contributed by atoms with Crippen LogP contribution in [0.4, 0.5) is 0 Å². The Hall–Kier alpha value is -3.09. The fraction of sp³-hybridized carbons (Fsp3) is 0.435. The molecule has 3 rings (SSSR count). The maximum absolute atomic E-state index is 12.7. The normalized spacial score (nSPS) is 15.2. The van der Waals surface area contributed by atoms with E-state index in [1.807, 2.05) is 30.3 Å². The van der Waals surface area contributed by atoms with Crippen molar-refractivity contribution >= 4 is 17.8 Å².